The first-order valence-corrected chi connectivity index (χ1v) is 5.83. The number of aromatic nitrogens is 1. The molecule has 0 aliphatic carbocycles. The van der Waals surface area contributed by atoms with Crippen molar-refractivity contribution in [2.45, 2.75) is 13.3 Å². The second-order valence-electron chi connectivity index (χ2n) is 3.32. The first-order chi connectivity index (χ1) is 7.13. The highest BCUT2D eigenvalue weighted by atomic mass is 79.9. The highest BCUT2D eigenvalue weighted by molar-refractivity contribution is 9.10. The third-order valence-corrected chi connectivity index (χ3v) is 3.72. The summed E-state index contributed by atoms with van der Waals surface area (Å²) in [6.07, 6.45) is 0.884. The van der Waals surface area contributed by atoms with Crippen LogP contribution in [0.25, 0.3) is 10.9 Å². The lowest BCUT2D eigenvalue weighted by atomic mass is 10.1. The maximum atomic E-state index is 5.99. The van der Waals surface area contributed by atoms with Crippen molar-refractivity contribution in [3.8, 4) is 0 Å². The highest BCUT2D eigenvalue weighted by Gasteiger charge is 2.07. The van der Waals surface area contributed by atoms with Crippen LogP contribution in [-0.2, 0) is 6.42 Å². The van der Waals surface area contributed by atoms with Crippen LogP contribution in [0, 0.1) is 0 Å². The van der Waals surface area contributed by atoms with Gasteiger partial charge in [0, 0.05) is 5.39 Å². The number of anilines is 1. The molecule has 0 atom stereocenters. The van der Waals surface area contributed by atoms with Crippen molar-refractivity contribution in [3.05, 3.63) is 33.3 Å². The van der Waals surface area contributed by atoms with Crippen molar-refractivity contribution in [1.82, 2.24) is 4.98 Å². The number of halogens is 2. The summed E-state index contributed by atoms with van der Waals surface area (Å²) in [5, 5.41) is 1.70. The molecule has 1 aromatic heterocycles. The van der Waals surface area contributed by atoms with Crippen LogP contribution < -0.4 is 5.73 Å². The molecular formula is C11H10BrClN2. The SMILES string of the molecule is CCc1cc2ccc(Cl)c(Br)c2nc1N. The van der Waals surface area contributed by atoms with Gasteiger partial charge in [-0.15, -0.1) is 0 Å². The van der Waals surface area contributed by atoms with Gasteiger partial charge in [0.05, 0.1) is 15.0 Å². The molecule has 0 aliphatic rings. The van der Waals surface area contributed by atoms with Crippen molar-refractivity contribution in [2.24, 2.45) is 0 Å². The van der Waals surface area contributed by atoms with Gasteiger partial charge < -0.3 is 5.73 Å². The van der Waals surface area contributed by atoms with Gasteiger partial charge in [0.15, 0.2) is 0 Å². The molecule has 2 aromatic rings. The number of nitrogens with two attached hydrogens (primary N) is 1. The van der Waals surface area contributed by atoms with E-state index in [1.165, 1.54) is 0 Å². The number of benzene rings is 1. The Bertz CT molecular complexity index is 525. The molecule has 0 saturated carbocycles. The van der Waals surface area contributed by atoms with E-state index < -0.39 is 0 Å². The molecule has 4 heteroatoms. The zero-order valence-electron chi connectivity index (χ0n) is 8.22. The average Bonchev–Trinajstić information content (AvgIpc) is 2.24. The average molecular weight is 286 g/mol. The van der Waals surface area contributed by atoms with E-state index in [1.54, 1.807) is 0 Å². The van der Waals surface area contributed by atoms with Crippen molar-refractivity contribution in [3.63, 3.8) is 0 Å². The Morgan fingerprint density at radius 2 is 2.20 bits per heavy atom. The summed E-state index contributed by atoms with van der Waals surface area (Å²) >= 11 is 9.40. The second kappa shape index (κ2) is 3.99. The van der Waals surface area contributed by atoms with Gasteiger partial charge in [-0.1, -0.05) is 24.6 Å². The largest absolute Gasteiger partial charge is 0.383 e. The monoisotopic (exact) mass is 284 g/mol. The molecule has 0 fully saturated rings. The smallest absolute Gasteiger partial charge is 0.127 e. The zero-order chi connectivity index (χ0) is 11.0. The summed E-state index contributed by atoms with van der Waals surface area (Å²) in [6.45, 7) is 2.06. The van der Waals surface area contributed by atoms with E-state index in [9.17, 15) is 0 Å². The molecular weight excluding hydrogens is 275 g/mol. The van der Waals surface area contributed by atoms with Crippen LogP contribution in [0.3, 0.4) is 0 Å². The minimum atomic E-state index is 0.577. The van der Waals surface area contributed by atoms with E-state index in [0.717, 1.165) is 27.4 Å². The number of aryl methyl sites for hydroxylation is 1. The molecule has 0 unspecified atom stereocenters. The quantitative estimate of drug-likeness (QED) is 0.865. The maximum Gasteiger partial charge on any atom is 0.127 e. The fourth-order valence-electron chi connectivity index (χ4n) is 1.52. The lowest BCUT2D eigenvalue weighted by Gasteiger charge is -2.07. The fraction of sp³-hybridized carbons (Fsp3) is 0.182. The lowest BCUT2D eigenvalue weighted by molar-refractivity contribution is 1.13. The van der Waals surface area contributed by atoms with Crippen LogP contribution in [0.1, 0.15) is 12.5 Å². The summed E-state index contributed by atoms with van der Waals surface area (Å²) in [5.41, 5.74) is 7.72. The summed E-state index contributed by atoms with van der Waals surface area (Å²) in [5.74, 6) is 0.577. The second-order valence-corrected chi connectivity index (χ2v) is 4.52. The highest BCUT2D eigenvalue weighted by Crippen LogP contribution is 2.31. The minimum Gasteiger partial charge on any atom is -0.383 e. The molecule has 0 aliphatic heterocycles. The van der Waals surface area contributed by atoms with Crippen LogP contribution in [0.2, 0.25) is 5.02 Å². The van der Waals surface area contributed by atoms with Gasteiger partial charge in [0.2, 0.25) is 0 Å². The Balaban J connectivity index is 2.81. The predicted octanol–water partition coefficient (Wildman–Crippen LogP) is 3.80. The van der Waals surface area contributed by atoms with Crippen LogP contribution in [0.4, 0.5) is 5.82 Å². The van der Waals surface area contributed by atoms with E-state index in [4.69, 9.17) is 17.3 Å². The summed E-state index contributed by atoms with van der Waals surface area (Å²) < 4.78 is 0.802. The molecule has 15 heavy (non-hydrogen) atoms. The van der Waals surface area contributed by atoms with Crippen molar-refractivity contribution in [1.29, 1.82) is 0 Å². The minimum absolute atomic E-state index is 0.577. The van der Waals surface area contributed by atoms with Gasteiger partial charge in [-0.3, -0.25) is 0 Å². The van der Waals surface area contributed by atoms with E-state index in [2.05, 4.69) is 33.9 Å². The number of pyridine rings is 1. The summed E-state index contributed by atoms with van der Waals surface area (Å²) in [7, 11) is 0. The zero-order valence-corrected chi connectivity index (χ0v) is 10.6. The molecule has 1 heterocycles. The molecule has 0 bridgehead atoms. The summed E-state index contributed by atoms with van der Waals surface area (Å²) in [4.78, 5) is 4.35. The normalized spacial score (nSPS) is 10.9. The van der Waals surface area contributed by atoms with Crippen LogP contribution in [0.5, 0.6) is 0 Å². The van der Waals surface area contributed by atoms with Crippen LogP contribution >= 0.6 is 27.5 Å². The number of nitrogen functional groups attached to an aromatic ring is 1. The van der Waals surface area contributed by atoms with Crippen molar-refractivity contribution < 1.29 is 0 Å². The molecule has 0 spiro atoms. The molecule has 2 rings (SSSR count). The van der Waals surface area contributed by atoms with Gasteiger partial charge in [-0.2, -0.15) is 0 Å². The Kier molecular flexibility index (Phi) is 2.85. The molecule has 1 aromatic carbocycles. The molecule has 0 radical (unpaired) electrons. The molecule has 0 amide bonds. The van der Waals surface area contributed by atoms with E-state index >= 15 is 0 Å². The van der Waals surface area contributed by atoms with Crippen LogP contribution in [0.15, 0.2) is 22.7 Å². The number of fused-ring (bicyclic) bond motifs is 1. The standard InChI is InChI=1S/C11H10BrClN2/c1-2-6-5-7-3-4-8(13)9(12)10(7)15-11(6)14/h3-5H,2H2,1H3,(H2,14,15). The number of nitrogens with zero attached hydrogens (tertiary/aromatic N) is 1. The third kappa shape index (κ3) is 1.82. The third-order valence-electron chi connectivity index (χ3n) is 2.37. The molecule has 78 valence electrons. The predicted molar refractivity (Wildman–Crippen MR) is 68.2 cm³/mol. The number of hydrogen-bond donors (Lipinski definition) is 1. The van der Waals surface area contributed by atoms with Gasteiger partial charge in [-0.05, 0) is 40.0 Å². The van der Waals surface area contributed by atoms with Crippen molar-refractivity contribution in [2.75, 3.05) is 5.73 Å². The molecule has 2 N–H and O–H groups in total. The Morgan fingerprint density at radius 1 is 1.47 bits per heavy atom. The summed E-state index contributed by atoms with van der Waals surface area (Å²) in [6, 6.07) is 5.86. The van der Waals surface area contributed by atoms with Gasteiger partial charge in [-0.25, -0.2) is 4.98 Å². The first kappa shape index (κ1) is 10.7. The van der Waals surface area contributed by atoms with Crippen LogP contribution in [-0.4, -0.2) is 4.98 Å². The Morgan fingerprint density at radius 3 is 2.87 bits per heavy atom. The molecule has 0 saturated heterocycles. The first-order valence-electron chi connectivity index (χ1n) is 4.66. The topological polar surface area (TPSA) is 38.9 Å². The number of rotatable bonds is 1. The van der Waals surface area contributed by atoms with E-state index in [1.807, 2.05) is 12.1 Å². The molecule has 2 nitrogen and oxygen atoms in total. The Labute approximate surface area is 102 Å². The lowest BCUT2D eigenvalue weighted by Crippen LogP contribution is -1.97. The van der Waals surface area contributed by atoms with Gasteiger partial charge in [0.1, 0.15) is 5.82 Å². The van der Waals surface area contributed by atoms with Gasteiger partial charge in [0.25, 0.3) is 0 Å². The fourth-order valence-corrected chi connectivity index (χ4v) is 2.12. The van der Waals surface area contributed by atoms with E-state index in [-0.39, 0.29) is 0 Å². The van der Waals surface area contributed by atoms with Crippen molar-refractivity contribution >= 4 is 44.3 Å². The Hall–Kier alpha value is -0.800. The maximum absolute atomic E-state index is 5.99. The van der Waals surface area contributed by atoms with E-state index in [0.29, 0.717) is 10.8 Å². The number of hydrogen-bond acceptors (Lipinski definition) is 2. The van der Waals surface area contributed by atoms with Gasteiger partial charge >= 0.3 is 0 Å².